The molecule has 1 rings (SSSR count). The van der Waals surface area contributed by atoms with Crippen LogP contribution in [0.15, 0.2) is 36.5 Å². The van der Waals surface area contributed by atoms with E-state index in [4.69, 9.17) is 0 Å². The summed E-state index contributed by atoms with van der Waals surface area (Å²) in [6, 6.07) is 0.494. The maximum Gasteiger partial charge on any atom is 0.0321 e. The van der Waals surface area contributed by atoms with Crippen LogP contribution in [0.1, 0.15) is 20.3 Å². The lowest BCUT2D eigenvalue weighted by molar-refractivity contribution is 0.500. The lowest BCUT2D eigenvalue weighted by Crippen LogP contribution is -2.32. The van der Waals surface area contributed by atoms with Crippen LogP contribution in [0.4, 0.5) is 0 Å². The third-order valence-electron chi connectivity index (χ3n) is 2.46. The van der Waals surface area contributed by atoms with Gasteiger partial charge < -0.3 is 5.32 Å². The Balaban J connectivity index is 2.55. The van der Waals surface area contributed by atoms with Gasteiger partial charge in [-0.2, -0.15) is 0 Å². The fourth-order valence-electron chi connectivity index (χ4n) is 1.82. The van der Waals surface area contributed by atoms with E-state index >= 15 is 0 Å². The van der Waals surface area contributed by atoms with E-state index in [9.17, 15) is 0 Å². The van der Waals surface area contributed by atoms with Crippen LogP contribution in [-0.4, -0.2) is 12.6 Å². The molecule has 1 N–H and O–H groups in total. The van der Waals surface area contributed by atoms with Crippen molar-refractivity contribution in [3.63, 3.8) is 0 Å². The van der Waals surface area contributed by atoms with Crippen molar-refractivity contribution in [3.05, 3.63) is 36.5 Å². The molecule has 0 radical (unpaired) electrons. The second-order valence-electron chi connectivity index (χ2n) is 3.43. The summed E-state index contributed by atoms with van der Waals surface area (Å²) < 4.78 is 0. The number of allylic oxidation sites excluding steroid dienone is 3. The molecule has 0 saturated heterocycles. The molecule has 1 heteroatoms. The molecule has 0 heterocycles. The molecule has 2 unspecified atom stereocenters. The average Bonchev–Trinajstić information content (AvgIpc) is 2.54. The van der Waals surface area contributed by atoms with Gasteiger partial charge in [0.25, 0.3) is 0 Å². The highest BCUT2D eigenvalue weighted by atomic mass is 14.9. The molecule has 0 saturated carbocycles. The van der Waals surface area contributed by atoms with Gasteiger partial charge in [-0.05, 0) is 19.9 Å². The molecule has 0 aromatic rings. The van der Waals surface area contributed by atoms with E-state index in [1.54, 1.807) is 0 Å². The molecule has 0 aromatic carbocycles. The van der Waals surface area contributed by atoms with Gasteiger partial charge in [0.1, 0.15) is 0 Å². The summed E-state index contributed by atoms with van der Waals surface area (Å²) in [5.74, 6) is 0.566. The van der Waals surface area contributed by atoms with Gasteiger partial charge in [-0.15, -0.1) is 0 Å². The highest BCUT2D eigenvalue weighted by Crippen LogP contribution is 2.26. The number of hydrogen-bond acceptors (Lipinski definition) is 1. The van der Waals surface area contributed by atoms with Gasteiger partial charge in [-0.1, -0.05) is 43.4 Å². The van der Waals surface area contributed by atoms with Gasteiger partial charge >= 0.3 is 0 Å². The first-order valence-electron chi connectivity index (χ1n) is 5.01. The number of rotatable bonds is 4. The lowest BCUT2D eigenvalue weighted by Gasteiger charge is -2.20. The first-order chi connectivity index (χ1) is 6.29. The third-order valence-corrected chi connectivity index (χ3v) is 2.46. The summed E-state index contributed by atoms with van der Waals surface area (Å²) in [6.45, 7) is 9.29. The molecule has 0 aliphatic heterocycles. The van der Waals surface area contributed by atoms with E-state index in [1.807, 2.05) is 6.92 Å². The maximum absolute atomic E-state index is 4.09. The van der Waals surface area contributed by atoms with Crippen LogP contribution in [0.25, 0.3) is 0 Å². The first-order valence-corrected chi connectivity index (χ1v) is 5.01. The molecule has 0 bridgehead atoms. The predicted octanol–water partition coefficient (Wildman–Crippen LogP) is 2.67. The molecule has 1 aliphatic rings. The summed E-state index contributed by atoms with van der Waals surface area (Å²) in [5, 5.41) is 3.45. The summed E-state index contributed by atoms with van der Waals surface area (Å²) in [7, 11) is 0. The monoisotopic (exact) mass is 177 g/mol. The van der Waals surface area contributed by atoms with Crippen LogP contribution in [0.2, 0.25) is 0 Å². The van der Waals surface area contributed by atoms with Crippen molar-refractivity contribution in [3.8, 4) is 0 Å². The zero-order valence-electron chi connectivity index (χ0n) is 8.59. The fourth-order valence-corrected chi connectivity index (χ4v) is 1.82. The minimum Gasteiger partial charge on any atom is -0.310 e. The van der Waals surface area contributed by atoms with Crippen LogP contribution in [0.5, 0.6) is 0 Å². The minimum atomic E-state index is 0.494. The molecule has 1 aliphatic carbocycles. The van der Waals surface area contributed by atoms with Crippen molar-refractivity contribution in [2.45, 2.75) is 26.3 Å². The summed E-state index contributed by atoms with van der Waals surface area (Å²) in [4.78, 5) is 0. The lowest BCUT2D eigenvalue weighted by atomic mass is 9.94. The Kier molecular flexibility index (Phi) is 3.97. The second-order valence-corrected chi connectivity index (χ2v) is 3.43. The molecule has 2 atom stereocenters. The topological polar surface area (TPSA) is 12.0 Å². The summed E-state index contributed by atoms with van der Waals surface area (Å²) >= 11 is 0. The Bertz CT molecular complexity index is 225. The number of likely N-dealkylation sites (N-methyl/N-ethyl adjacent to an activating group) is 1. The fraction of sp³-hybridized carbons (Fsp3) is 0.500. The summed E-state index contributed by atoms with van der Waals surface area (Å²) in [6.07, 6.45) is 9.79. The number of nitrogens with one attached hydrogen (secondary N) is 1. The van der Waals surface area contributed by atoms with Gasteiger partial charge in [-0.3, -0.25) is 0 Å². The van der Waals surface area contributed by atoms with Gasteiger partial charge in [0.05, 0.1) is 0 Å². The Morgan fingerprint density at radius 2 is 2.46 bits per heavy atom. The average molecular weight is 177 g/mol. The molecule has 1 nitrogen and oxygen atoms in total. The predicted molar refractivity (Wildman–Crippen MR) is 58.7 cm³/mol. The SMILES string of the molecule is C=C(/C=C\C)C1CC=CC1NCC. The van der Waals surface area contributed by atoms with Crippen LogP contribution in [0, 0.1) is 5.92 Å². The van der Waals surface area contributed by atoms with Crippen molar-refractivity contribution < 1.29 is 0 Å². The van der Waals surface area contributed by atoms with Crippen LogP contribution in [-0.2, 0) is 0 Å². The maximum atomic E-state index is 4.09. The largest absolute Gasteiger partial charge is 0.310 e. The van der Waals surface area contributed by atoms with Gasteiger partial charge in [-0.25, -0.2) is 0 Å². The Morgan fingerprint density at radius 1 is 1.69 bits per heavy atom. The van der Waals surface area contributed by atoms with Crippen molar-refractivity contribution in [1.29, 1.82) is 0 Å². The van der Waals surface area contributed by atoms with Crippen molar-refractivity contribution in [2.75, 3.05) is 6.54 Å². The number of hydrogen-bond donors (Lipinski definition) is 1. The van der Waals surface area contributed by atoms with E-state index in [0.29, 0.717) is 12.0 Å². The molecular formula is C12H19N. The molecular weight excluding hydrogens is 158 g/mol. The van der Waals surface area contributed by atoms with Crippen LogP contribution >= 0.6 is 0 Å². The van der Waals surface area contributed by atoms with Crippen molar-refractivity contribution in [2.24, 2.45) is 5.92 Å². The molecule has 0 amide bonds. The van der Waals surface area contributed by atoms with Crippen LogP contribution in [0.3, 0.4) is 0 Å². The molecule has 13 heavy (non-hydrogen) atoms. The first kappa shape index (κ1) is 10.3. The Hall–Kier alpha value is -0.820. The molecule has 0 aromatic heterocycles. The Morgan fingerprint density at radius 3 is 3.08 bits per heavy atom. The highest BCUT2D eigenvalue weighted by Gasteiger charge is 2.22. The smallest absolute Gasteiger partial charge is 0.0321 e. The van der Waals surface area contributed by atoms with Gasteiger partial charge in [0.2, 0.25) is 0 Å². The molecule has 0 fully saturated rings. The van der Waals surface area contributed by atoms with E-state index in [-0.39, 0.29) is 0 Å². The minimum absolute atomic E-state index is 0.494. The van der Waals surface area contributed by atoms with E-state index in [0.717, 1.165) is 13.0 Å². The van der Waals surface area contributed by atoms with Gasteiger partial charge in [0.15, 0.2) is 0 Å². The van der Waals surface area contributed by atoms with Crippen molar-refractivity contribution in [1.82, 2.24) is 5.32 Å². The molecule has 72 valence electrons. The standard InChI is InChI=1S/C12H19N/c1-4-7-10(3)11-8-6-9-12(11)13-5-2/h4,6-7,9,11-13H,3,5,8H2,1-2H3/b7-4-. The highest BCUT2D eigenvalue weighted by molar-refractivity contribution is 5.25. The van der Waals surface area contributed by atoms with E-state index in [1.165, 1.54) is 5.57 Å². The third kappa shape index (κ3) is 2.56. The zero-order chi connectivity index (χ0) is 9.68. The normalized spacial score (nSPS) is 27.2. The summed E-state index contributed by atoms with van der Waals surface area (Å²) in [5.41, 5.74) is 1.23. The quantitative estimate of drug-likeness (QED) is 0.514. The van der Waals surface area contributed by atoms with Crippen molar-refractivity contribution >= 4 is 0 Å². The second kappa shape index (κ2) is 5.03. The van der Waals surface area contributed by atoms with Crippen LogP contribution < -0.4 is 5.32 Å². The molecule has 0 spiro atoms. The van der Waals surface area contributed by atoms with E-state index in [2.05, 4.69) is 43.1 Å². The van der Waals surface area contributed by atoms with E-state index < -0.39 is 0 Å². The zero-order valence-corrected chi connectivity index (χ0v) is 8.59. The Labute approximate surface area is 81.2 Å². The van der Waals surface area contributed by atoms with Gasteiger partial charge in [0, 0.05) is 12.0 Å².